The summed E-state index contributed by atoms with van der Waals surface area (Å²) in [6.07, 6.45) is 0.209. The van der Waals surface area contributed by atoms with E-state index in [1.54, 1.807) is 23.1 Å². The number of carbonyl (C=O) groups is 2. The number of hydrogen-bond acceptors (Lipinski definition) is 2. The molecule has 0 saturated carbocycles. The highest BCUT2D eigenvalue weighted by Gasteiger charge is 2.24. The fraction of sp³-hybridized carbons (Fsp3) is 0.467. The number of halogens is 2. The lowest BCUT2D eigenvalue weighted by molar-refractivity contribution is -0.134. The number of carbonyl (C=O) groups excluding carboxylic acids is 2. The van der Waals surface area contributed by atoms with Gasteiger partial charge in [-0.25, -0.2) is 0 Å². The number of amides is 2. The highest BCUT2D eigenvalue weighted by molar-refractivity contribution is 6.35. The van der Waals surface area contributed by atoms with Crippen LogP contribution >= 0.6 is 23.2 Å². The number of rotatable bonds is 4. The van der Waals surface area contributed by atoms with E-state index in [-0.39, 0.29) is 23.8 Å². The third-order valence-electron chi connectivity index (χ3n) is 2.90. The van der Waals surface area contributed by atoms with Crippen LogP contribution in [0.1, 0.15) is 34.1 Å². The van der Waals surface area contributed by atoms with Crippen molar-refractivity contribution in [1.29, 1.82) is 0 Å². The van der Waals surface area contributed by atoms with Gasteiger partial charge in [-0.2, -0.15) is 0 Å². The van der Waals surface area contributed by atoms with Crippen LogP contribution in [0.4, 0.5) is 5.69 Å². The minimum atomic E-state index is -0.314. The van der Waals surface area contributed by atoms with Crippen molar-refractivity contribution in [2.24, 2.45) is 0 Å². The van der Waals surface area contributed by atoms with Gasteiger partial charge in [0.25, 0.3) is 0 Å². The van der Waals surface area contributed by atoms with Crippen LogP contribution in [0.25, 0.3) is 0 Å². The largest absolute Gasteiger partial charge is 0.338 e. The lowest BCUT2D eigenvalue weighted by Gasteiger charge is -2.34. The van der Waals surface area contributed by atoms with Gasteiger partial charge in [-0.15, -0.1) is 0 Å². The van der Waals surface area contributed by atoms with Crippen LogP contribution in [-0.4, -0.2) is 28.8 Å². The maximum Gasteiger partial charge on any atom is 0.226 e. The summed E-state index contributed by atoms with van der Waals surface area (Å²) in [6, 6.07) is 4.84. The second-order valence-electron chi connectivity index (χ2n) is 5.80. The van der Waals surface area contributed by atoms with Gasteiger partial charge >= 0.3 is 0 Å². The van der Waals surface area contributed by atoms with E-state index in [2.05, 4.69) is 5.32 Å². The summed E-state index contributed by atoms with van der Waals surface area (Å²) in [5.41, 5.74) is 0.230. The Morgan fingerprint density at radius 1 is 1.14 bits per heavy atom. The Hall–Kier alpha value is -1.26. The molecule has 0 spiro atoms. The van der Waals surface area contributed by atoms with Gasteiger partial charge in [0.2, 0.25) is 11.8 Å². The number of anilines is 1. The average Bonchev–Trinajstić information content (AvgIpc) is 2.24. The van der Waals surface area contributed by atoms with E-state index in [0.29, 0.717) is 22.3 Å². The lowest BCUT2D eigenvalue weighted by atomic mass is 10.1. The molecule has 0 saturated heterocycles. The van der Waals surface area contributed by atoms with Gasteiger partial charge in [0.1, 0.15) is 0 Å². The van der Waals surface area contributed by atoms with E-state index < -0.39 is 0 Å². The third kappa shape index (κ3) is 5.94. The molecule has 0 atom stereocenters. The summed E-state index contributed by atoms with van der Waals surface area (Å²) in [6.45, 7) is 7.66. The molecular formula is C15H20Cl2N2O2. The van der Waals surface area contributed by atoms with Crippen LogP contribution in [0, 0.1) is 0 Å². The lowest BCUT2D eigenvalue weighted by Crippen LogP contribution is -2.45. The summed E-state index contributed by atoms with van der Waals surface area (Å²) in [4.78, 5) is 25.2. The number of nitrogens with one attached hydrogen (secondary N) is 1. The molecule has 0 bridgehead atoms. The van der Waals surface area contributed by atoms with Gasteiger partial charge in [0, 0.05) is 41.2 Å². The van der Waals surface area contributed by atoms with Crippen LogP contribution < -0.4 is 5.32 Å². The van der Waals surface area contributed by atoms with E-state index in [1.807, 2.05) is 20.8 Å². The fourth-order valence-electron chi connectivity index (χ4n) is 2.03. The Balaban J connectivity index is 2.63. The molecule has 0 radical (unpaired) electrons. The monoisotopic (exact) mass is 330 g/mol. The van der Waals surface area contributed by atoms with Crippen molar-refractivity contribution in [3.63, 3.8) is 0 Å². The molecular weight excluding hydrogens is 311 g/mol. The first-order valence-electron chi connectivity index (χ1n) is 6.64. The molecule has 1 aromatic carbocycles. The Labute approximate surface area is 135 Å². The minimum Gasteiger partial charge on any atom is -0.338 e. The van der Waals surface area contributed by atoms with Crippen molar-refractivity contribution in [3.05, 3.63) is 28.2 Å². The quantitative estimate of drug-likeness (QED) is 0.907. The molecule has 0 fully saturated rings. The number of hydrogen-bond donors (Lipinski definition) is 1. The molecule has 0 unspecified atom stereocenters. The first-order valence-corrected chi connectivity index (χ1v) is 7.39. The van der Waals surface area contributed by atoms with Crippen molar-refractivity contribution < 1.29 is 9.59 Å². The van der Waals surface area contributed by atoms with Gasteiger partial charge in [-0.05, 0) is 39.0 Å². The van der Waals surface area contributed by atoms with Gasteiger partial charge in [0.05, 0.1) is 0 Å². The predicted octanol–water partition coefficient (Wildman–Crippen LogP) is 3.97. The summed E-state index contributed by atoms with van der Waals surface area (Å²) >= 11 is 11.7. The highest BCUT2D eigenvalue weighted by Crippen LogP contribution is 2.22. The standard InChI is InChI=1S/C15H20Cl2N2O2/c1-10(20)19(15(2,3)4)6-5-14(21)18-13-8-11(16)7-12(17)9-13/h7-9H,5-6H2,1-4H3,(H,18,21). The number of nitrogens with zero attached hydrogens (tertiary/aromatic N) is 1. The Morgan fingerprint density at radius 3 is 2.10 bits per heavy atom. The predicted molar refractivity (Wildman–Crippen MR) is 86.8 cm³/mol. The van der Waals surface area contributed by atoms with Crippen LogP contribution in [0.15, 0.2) is 18.2 Å². The van der Waals surface area contributed by atoms with Crippen molar-refractivity contribution in [2.45, 2.75) is 39.7 Å². The molecule has 2 amide bonds. The Morgan fingerprint density at radius 2 is 1.67 bits per heavy atom. The molecule has 1 aromatic rings. The maximum absolute atomic E-state index is 12.0. The van der Waals surface area contributed by atoms with Gasteiger partial charge < -0.3 is 10.2 Å². The zero-order valence-corrected chi connectivity index (χ0v) is 14.2. The zero-order valence-electron chi connectivity index (χ0n) is 12.7. The SMILES string of the molecule is CC(=O)N(CCC(=O)Nc1cc(Cl)cc(Cl)c1)C(C)(C)C. The normalized spacial score (nSPS) is 11.1. The molecule has 6 heteroatoms. The molecule has 116 valence electrons. The van der Waals surface area contributed by atoms with E-state index in [1.165, 1.54) is 6.92 Å². The molecule has 4 nitrogen and oxygen atoms in total. The fourth-order valence-corrected chi connectivity index (χ4v) is 2.55. The molecule has 21 heavy (non-hydrogen) atoms. The Bertz CT molecular complexity index is 519. The van der Waals surface area contributed by atoms with Crippen LogP contribution in [0.5, 0.6) is 0 Å². The van der Waals surface area contributed by atoms with Crippen molar-refractivity contribution in [1.82, 2.24) is 4.90 Å². The summed E-state index contributed by atoms with van der Waals surface area (Å²) in [7, 11) is 0. The average molecular weight is 331 g/mol. The van der Waals surface area contributed by atoms with Gasteiger partial charge in [-0.1, -0.05) is 23.2 Å². The second-order valence-corrected chi connectivity index (χ2v) is 6.67. The van der Waals surface area contributed by atoms with Gasteiger partial charge in [-0.3, -0.25) is 9.59 Å². The molecule has 1 rings (SSSR count). The van der Waals surface area contributed by atoms with Crippen molar-refractivity contribution in [3.8, 4) is 0 Å². The van der Waals surface area contributed by atoms with E-state index in [9.17, 15) is 9.59 Å². The third-order valence-corrected chi connectivity index (χ3v) is 3.34. The number of benzene rings is 1. The first-order chi connectivity index (χ1) is 9.59. The van der Waals surface area contributed by atoms with Crippen LogP contribution in [0.2, 0.25) is 10.0 Å². The molecule has 0 heterocycles. The topological polar surface area (TPSA) is 49.4 Å². The van der Waals surface area contributed by atoms with Gasteiger partial charge in [0.15, 0.2) is 0 Å². The maximum atomic E-state index is 12.0. The van der Waals surface area contributed by atoms with E-state index >= 15 is 0 Å². The molecule has 0 aliphatic carbocycles. The minimum absolute atomic E-state index is 0.0545. The highest BCUT2D eigenvalue weighted by atomic mass is 35.5. The van der Waals surface area contributed by atoms with Crippen LogP contribution in [-0.2, 0) is 9.59 Å². The Kier molecular flexibility index (Phi) is 6.05. The van der Waals surface area contributed by atoms with Crippen molar-refractivity contribution >= 4 is 40.7 Å². The van der Waals surface area contributed by atoms with E-state index in [4.69, 9.17) is 23.2 Å². The molecule has 0 aliphatic rings. The molecule has 1 N–H and O–H groups in total. The summed E-state index contributed by atoms with van der Waals surface area (Å²) < 4.78 is 0. The van der Waals surface area contributed by atoms with Crippen LogP contribution in [0.3, 0.4) is 0 Å². The first kappa shape index (κ1) is 17.8. The van der Waals surface area contributed by atoms with E-state index in [0.717, 1.165) is 0 Å². The molecule has 0 aromatic heterocycles. The van der Waals surface area contributed by atoms with Crippen molar-refractivity contribution in [2.75, 3.05) is 11.9 Å². The smallest absolute Gasteiger partial charge is 0.226 e. The second kappa shape index (κ2) is 7.14. The summed E-state index contributed by atoms with van der Waals surface area (Å²) in [5.74, 6) is -0.245. The summed E-state index contributed by atoms with van der Waals surface area (Å²) in [5, 5.41) is 3.64. The molecule has 0 aliphatic heterocycles. The zero-order chi connectivity index (χ0) is 16.2.